The van der Waals surface area contributed by atoms with Crippen LogP contribution in [0.15, 0.2) is 10.6 Å². The summed E-state index contributed by atoms with van der Waals surface area (Å²) in [4.78, 5) is 16.3. The summed E-state index contributed by atoms with van der Waals surface area (Å²) in [6.45, 7) is 7.86. The fraction of sp³-hybridized carbons (Fsp3) is 0.778. The van der Waals surface area contributed by atoms with Crippen molar-refractivity contribution in [2.24, 2.45) is 5.92 Å². The molecular weight excluding hydrogens is 322 g/mol. The van der Waals surface area contributed by atoms with E-state index in [1.54, 1.807) is 0 Å². The fourth-order valence-corrected chi connectivity index (χ4v) is 4.26. The van der Waals surface area contributed by atoms with Crippen molar-refractivity contribution in [2.45, 2.75) is 38.3 Å². The van der Waals surface area contributed by atoms with E-state index < -0.39 is 0 Å². The second-order valence-corrected chi connectivity index (χ2v) is 7.58. The van der Waals surface area contributed by atoms with Gasteiger partial charge in [0.2, 0.25) is 5.91 Å². The van der Waals surface area contributed by atoms with E-state index in [1.165, 1.54) is 0 Å². The molecule has 25 heavy (non-hydrogen) atoms. The number of carbonyl (C=O) groups excluding carboxylic acids is 1. The van der Waals surface area contributed by atoms with Crippen LogP contribution in [0.4, 0.5) is 0 Å². The van der Waals surface area contributed by atoms with Gasteiger partial charge in [-0.1, -0.05) is 5.16 Å². The van der Waals surface area contributed by atoms with Gasteiger partial charge in [-0.15, -0.1) is 0 Å². The molecule has 0 saturated carbocycles. The van der Waals surface area contributed by atoms with E-state index in [4.69, 9.17) is 14.0 Å². The van der Waals surface area contributed by atoms with Crippen LogP contribution >= 0.6 is 0 Å². The number of likely N-dealkylation sites (tertiary alicyclic amines) is 2. The van der Waals surface area contributed by atoms with Gasteiger partial charge in [-0.2, -0.15) is 0 Å². The molecule has 0 N–H and O–H groups in total. The highest BCUT2D eigenvalue weighted by Crippen LogP contribution is 2.40. The first-order valence-electron chi connectivity index (χ1n) is 9.29. The van der Waals surface area contributed by atoms with E-state index in [2.05, 4.69) is 10.1 Å². The minimum absolute atomic E-state index is 0.102. The molecule has 1 unspecified atom stereocenters. The Morgan fingerprint density at radius 2 is 2.20 bits per heavy atom. The summed E-state index contributed by atoms with van der Waals surface area (Å²) < 4.78 is 16.9. The first-order valence-corrected chi connectivity index (χ1v) is 9.29. The summed E-state index contributed by atoms with van der Waals surface area (Å²) in [5, 5.41) is 4.05. The Balaban J connectivity index is 1.22. The maximum Gasteiger partial charge on any atom is 0.248 e. The number of rotatable bonds is 6. The summed E-state index contributed by atoms with van der Waals surface area (Å²) in [6, 6.07) is 1.98. The van der Waals surface area contributed by atoms with Crippen molar-refractivity contribution in [3.05, 3.63) is 17.5 Å². The molecule has 7 heteroatoms. The number of aryl methyl sites for hydroxylation is 1. The Labute approximate surface area is 148 Å². The van der Waals surface area contributed by atoms with Gasteiger partial charge in [-0.25, -0.2) is 0 Å². The van der Waals surface area contributed by atoms with Crippen molar-refractivity contribution in [2.75, 3.05) is 46.0 Å². The highest BCUT2D eigenvalue weighted by atomic mass is 16.5. The molecule has 0 radical (unpaired) electrons. The Morgan fingerprint density at radius 3 is 2.92 bits per heavy atom. The zero-order valence-corrected chi connectivity index (χ0v) is 14.9. The average molecular weight is 349 g/mol. The van der Waals surface area contributed by atoms with Crippen LogP contribution in [0, 0.1) is 12.8 Å². The van der Waals surface area contributed by atoms with Gasteiger partial charge in [0.05, 0.1) is 17.9 Å². The highest BCUT2D eigenvalue weighted by Gasteiger charge is 2.53. The molecule has 0 aromatic carbocycles. The second kappa shape index (κ2) is 7.05. The van der Waals surface area contributed by atoms with Gasteiger partial charge in [0, 0.05) is 51.3 Å². The maximum atomic E-state index is 12.1. The van der Waals surface area contributed by atoms with Gasteiger partial charge >= 0.3 is 0 Å². The van der Waals surface area contributed by atoms with E-state index in [9.17, 15) is 4.79 Å². The van der Waals surface area contributed by atoms with Gasteiger partial charge in [0.1, 0.15) is 12.4 Å². The van der Waals surface area contributed by atoms with Crippen molar-refractivity contribution in [3.8, 4) is 0 Å². The molecule has 1 aromatic rings. The number of ether oxygens (including phenoxy) is 2. The molecule has 1 aromatic heterocycles. The van der Waals surface area contributed by atoms with Gasteiger partial charge in [-0.3, -0.25) is 9.69 Å². The van der Waals surface area contributed by atoms with Crippen LogP contribution in [0.5, 0.6) is 0 Å². The molecule has 1 amide bonds. The number of carbonyl (C=O) groups is 1. The molecule has 4 heterocycles. The maximum absolute atomic E-state index is 12.1. The number of hydrogen-bond acceptors (Lipinski definition) is 6. The van der Waals surface area contributed by atoms with E-state index >= 15 is 0 Å². The molecule has 0 bridgehead atoms. The Bertz CT molecular complexity index is 605. The lowest BCUT2D eigenvalue weighted by molar-refractivity contribution is -0.151. The third-order valence-electron chi connectivity index (χ3n) is 5.65. The summed E-state index contributed by atoms with van der Waals surface area (Å²) in [5.41, 5.74) is 0.865. The molecule has 1 spiro atoms. The van der Waals surface area contributed by atoms with Crippen LogP contribution in [0.1, 0.15) is 30.7 Å². The van der Waals surface area contributed by atoms with Crippen LogP contribution in [0.2, 0.25) is 0 Å². The summed E-state index contributed by atoms with van der Waals surface area (Å²) in [5.74, 6) is 1.34. The fourth-order valence-electron chi connectivity index (χ4n) is 4.26. The van der Waals surface area contributed by atoms with E-state index in [-0.39, 0.29) is 18.1 Å². The number of aromatic nitrogens is 1. The van der Waals surface area contributed by atoms with E-state index in [0.717, 1.165) is 70.0 Å². The second-order valence-electron chi connectivity index (χ2n) is 7.58. The third kappa shape index (κ3) is 3.59. The minimum atomic E-state index is -0.102. The average Bonchev–Trinajstić information content (AvgIpc) is 3.28. The summed E-state index contributed by atoms with van der Waals surface area (Å²) in [6.07, 6.45) is 3.24. The van der Waals surface area contributed by atoms with Crippen molar-refractivity contribution < 1.29 is 18.8 Å². The highest BCUT2D eigenvalue weighted by molar-refractivity contribution is 5.77. The topological polar surface area (TPSA) is 68.0 Å². The first-order chi connectivity index (χ1) is 12.1. The molecular formula is C18H27N3O4. The standard InChI is InChI=1S/C18H27N3O4/c1-14-8-16(19-25-14)9-20-12-18(13-20)15(4-7-24-18)10-23-11-17(22)21-5-2-3-6-21/h8,15H,2-7,9-13H2,1H3. The van der Waals surface area contributed by atoms with Crippen molar-refractivity contribution >= 4 is 5.91 Å². The van der Waals surface area contributed by atoms with E-state index in [0.29, 0.717) is 12.5 Å². The predicted octanol–water partition coefficient (Wildman–Crippen LogP) is 1.21. The van der Waals surface area contributed by atoms with Gasteiger partial charge in [0.15, 0.2) is 0 Å². The largest absolute Gasteiger partial charge is 0.372 e. The summed E-state index contributed by atoms with van der Waals surface area (Å²) >= 11 is 0. The smallest absolute Gasteiger partial charge is 0.248 e. The van der Waals surface area contributed by atoms with Crippen molar-refractivity contribution in [1.82, 2.24) is 15.0 Å². The molecule has 3 aliphatic rings. The summed E-state index contributed by atoms with van der Waals surface area (Å²) in [7, 11) is 0. The monoisotopic (exact) mass is 349 g/mol. The zero-order valence-electron chi connectivity index (χ0n) is 14.9. The van der Waals surface area contributed by atoms with Gasteiger partial charge in [-0.05, 0) is 26.2 Å². The molecule has 3 aliphatic heterocycles. The third-order valence-corrected chi connectivity index (χ3v) is 5.65. The lowest BCUT2D eigenvalue weighted by Gasteiger charge is -2.50. The molecule has 1 atom stereocenters. The van der Waals surface area contributed by atoms with Crippen molar-refractivity contribution in [1.29, 1.82) is 0 Å². The minimum Gasteiger partial charge on any atom is -0.372 e. The van der Waals surface area contributed by atoms with Crippen molar-refractivity contribution in [3.63, 3.8) is 0 Å². The number of nitrogens with zero attached hydrogens (tertiary/aromatic N) is 3. The molecule has 7 nitrogen and oxygen atoms in total. The SMILES string of the molecule is Cc1cc(CN2CC3(C2)OCCC3COCC(=O)N2CCCC2)no1. The van der Waals surface area contributed by atoms with E-state index in [1.807, 2.05) is 17.9 Å². The molecule has 3 fully saturated rings. The van der Waals surface area contributed by atoms with Crippen LogP contribution < -0.4 is 0 Å². The molecule has 3 saturated heterocycles. The first kappa shape index (κ1) is 17.0. The lowest BCUT2D eigenvalue weighted by atomic mass is 9.81. The van der Waals surface area contributed by atoms with Crippen LogP contribution in [-0.2, 0) is 20.8 Å². The molecule has 4 rings (SSSR count). The predicted molar refractivity (Wildman–Crippen MR) is 89.9 cm³/mol. The molecule has 138 valence electrons. The zero-order chi connectivity index (χ0) is 17.3. The number of amides is 1. The van der Waals surface area contributed by atoms with Crippen LogP contribution in [0.25, 0.3) is 0 Å². The van der Waals surface area contributed by atoms with Gasteiger partial charge in [0.25, 0.3) is 0 Å². The Kier molecular flexibility index (Phi) is 4.80. The quantitative estimate of drug-likeness (QED) is 0.769. The Morgan fingerprint density at radius 1 is 1.40 bits per heavy atom. The lowest BCUT2D eigenvalue weighted by Crippen LogP contribution is -2.64. The number of hydrogen-bond donors (Lipinski definition) is 0. The van der Waals surface area contributed by atoms with Gasteiger partial charge < -0.3 is 18.9 Å². The normalized spacial score (nSPS) is 25.6. The Hall–Kier alpha value is -1.44. The van der Waals surface area contributed by atoms with Crippen LogP contribution in [-0.4, -0.2) is 72.5 Å². The van der Waals surface area contributed by atoms with Crippen LogP contribution in [0.3, 0.4) is 0 Å². The molecule has 0 aliphatic carbocycles.